The maximum Gasteiger partial charge on any atom is 0.341 e. The summed E-state index contributed by atoms with van der Waals surface area (Å²) in [6.45, 7) is 0. The van der Waals surface area contributed by atoms with Gasteiger partial charge in [-0.05, 0) is 12.1 Å². The standard InChI is InChI=1S/C12H9Cl2NSi.C4H8/c13-16(14)15-11-7-3-1-5-9(11)10-6-2-4-8-12(10)15;1-2-4-3-1/h1-8,16H;1-4H2. The molecule has 0 saturated heterocycles. The summed E-state index contributed by atoms with van der Waals surface area (Å²) in [5.41, 5.74) is 2.26. The molecule has 4 rings (SSSR count). The van der Waals surface area contributed by atoms with Crippen LogP contribution in [0, 0.1) is 0 Å². The van der Waals surface area contributed by atoms with Crippen molar-refractivity contribution in [2.75, 3.05) is 0 Å². The van der Waals surface area contributed by atoms with E-state index < -0.39 is 7.58 Å². The summed E-state index contributed by atoms with van der Waals surface area (Å²) in [5.74, 6) is 0. The lowest BCUT2D eigenvalue weighted by Gasteiger charge is -2.05. The lowest BCUT2D eigenvalue weighted by Crippen LogP contribution is -2.09. The van der Waals surface area contributed by atoms with Crippen molar-refractivity contribution in [2.24, 2.45) is 0 Å². The van der Waals surface area contributed by atoms with Crippen LogP contribution in [0.25, 0.3) is 21.8 Å². The number of rotatable bonds is 1. The third-order valence-electron chi connectivity index (χ3n) is 3.81. The highest BCUT2D eigenvalue weighted by Crippen LogP contribution is 2.30. The molecular weight excluding hydrogens is 305 g/mol. The first-order valence-electron chi connectivity index (χ1n) is 7.05. The second-order valence-corrected chi connectivity index (χ2v) is 9.32. The van der Waals surface area contributed by atoms with E-state index in [-0.39, 0.29) is 0 Å². The van der Waals surface area contributed by atoms with Crippen LogP contribution in [0.15, 0.2) is 48.5 Å². The van der Waals surface area contributed by atoms with Gasteiger partial charge in [-0.25, -0.2) is 0 Å². The van der Waals surface area contributed by atoms with Gasteiger partial charge in [0, 0.05) is 21.8 Å². The van der Waals surface area contributed by atoms with Gasteiger partial charge in [0.1, 0.15) is 0 Å². The zero-order valence-corrected chi connectivity index (χ0v) is 13.9. The Morgan fingerprint density at radius 1 is 0.700 bits per heavy atom. The molecule has 0 bridgehead atoms. The topological polar surface area (TPSA) is 4.93 Å². The number of benzene rings is 2. The summed E-state index contributed by atoms with van der Waals surface area (Å²) >= 11 is 12.3. The van der Waals surface area contributed by atoms with E-state index in [1.165, 1.54) is 36.5 Å². The summed E-state index contributed by atoms with van der Waals surface area (Å²) in [4.78, 5) is 0. The fourth-order valence-electron chi connectivity index (χ4n) is 2.41. The quantitative estimate of drug-likeness (QED) is 0.418. The molecule has 1 fully saturated rings. The molecule has 0 aliphatic heterocycles. The van der Waals surface area contributed by atoms with Crippen LogP contribution in [-0.4, -0.2) is 11.8 Å². The van der Waals surface area contributed by atoms with Crippen molar-refractivity contribution in [1.29, 1.82) is 0 Å². The third-order valence-corrected chi connectivity index (χ3v) is 5.93. The predicted octanol–water partition coefficient (Wildman–Crippen LogP) is 5.40. The number of hydrogen-bond acceptors (Lipinski definition) is 0. The Balaban J connectivity index is 0.000000261. The molecule has 0 radical (unpaired) electrons. The molecular formula is C16H17Cl2NSi. The van der Waals surface area contributed by atoms with Crippen LogP contribution < -0.4 is 0 Å². The van der Waals surface area contributed by atoms with E-state index in [1.54, 1.807) is 0 Å². The van der Waals surface area contributed by atoms with Gasteiger partial charge in [0.2, 0.25) is 0 Å². The molecule has 1 saturated carbocycles. The molecule has 0 atom stereocenters. The van der Waals surface area contributed by atoms with Crippen molar-refractivity contribution >= 4 is 51.5 Å². The summed E-state index contributed by atoms with van der Waals surface area (Å²) in [6, 6.07) is 16.5. The maximum absolute atomic E-state index is 6.17. The highest BCUT2D eigenvalue weighted by atomic mass is 35.7. The molecule has 3 aromatic rings. The zero-order valence-electron chi connectivity index (χ0n) is 11.2. The van der Waals surface area contributed by atoms with Crippen LogP contribution in [0.5, 0.6) is 0 Å². The normalized spacial score (nSPS) is 14.2. The minimum atomic E-state index is -1.92. The Morgan fingerprint density at radius 2 is 1.10 bits per heavy atom. The average Bonchev–Trinajstić information content (AvgIpc) is 2.71. The van der Waals surface area contributed by atoms with Crippen LogP contribution in [0.2, 0.25) is 0 Å². The Kier molecular flexibility index (Phi) is 4.34. The van der Waals surface area contributed by atoms with Gasteiger partial charge < -0.3 is 4.23 Å². The monoisotopic (exact) mass is 321 g/mol. The van der Waals surface area contributed by atoms with Gasteiger partial charge in [0.25, 0.3) is 0 Å². The van der Waals surface area contributed by atoms with E-state index in [0.29, 0.717) is 0 Å². The first-order valence-corrected chi connectivity index (χ1v) is 11.1. The Hall–Kier alpha value is -0.963. The van der Waals surface area contributed by atoms with Gasteiger partial charge in [0.05, 0.1) is 0 Å². The molecule has 1 aliphatic rings. The summed E-state index contributed by atoms with van der Waals surface area (Å²) in [7, 11) is -1.92. The van der Waals surface area contributed by atoms with E-state index in [0.717, 1.165) is 11.0 Å². The molecule has 1 aromatic heterocycles. The molecule has 4 heteroatoms. The fourth-order valence-corrected chi connectivity index (χ4v) is 4.55. The minimum Gasteiger partial charge on any atom is -0.345 e. The van der Waals surface area contributed by atoms with Crippen molar-refractivity contribution in [1.82, 2.24) is 4.23 Å². The van der Waals surface area contributed by atoms with Gasteiger partial charge in [-0.1, -0.05) is 62.1 Å². The SMILES string of the molecule is C1CCC1.Cl[SiH](Cl)n1c2ccccc2c2ccccc21. The van der Waals surface area contributed by atoms with E-state index >= 15 is 0 Å². The lowest BCUT2D eigenvalue weighted by molar-refractivity contribution is 0.504. The summed E-state index contributed by atoms with van der Waals surface area (Å²) < 4.78 is 2.08. The molecule has 1 heterocycles. The van der Waals surface area contributed by atoms with Crippen LogP contribution in [0.1, 0.15) is 25.7 Å². The molecule has 0 unspecified atom stereocenters. The predicted molar refractivity (Wildman–Crippen MR) is 92.2 cm³/mol. The van der Waals surface area contributed by atoms with E-state index in [4.69, 9.17) is 22.2 Å². The van der Waals surface area contributed by atoms with Gasteiger partial charge in [0.15, 0.2) is 0 Å². The number of nitrogens with zero attached hydrogens (tertiary/aromatic N) is 1. The zero-order chi connectivity index (χ0) is 13.9. The minimum absolute atomic E-state index is 1.13. The van der Waals surface area contributed by atoms with Crippen LogP contribution in [0.4, 0.5) is 0 Å². The number of hydrogen-bond donors (Lipinski definition) is 0. The molecule has 0 amide bonds. The fraction of sp³-hybridized carbons (Fsp3) is 0.250. The van der Waals surface area contributed by atoms with Crippen molar-refractivity contribution in [3.8, 4) is 0 Å². The molecule has 0 spiro atoms. The number of halogens is 2. The Bertz CT molecular complexity index is 659. The molecule has 1 nitrogen and oxygen atoms in total. The van der Waals surface area contributed by atoms with Crippen molar-refractivity contribution in [3.05, 3.63) is 48.5 Å². The van der Waals surface area contributed by atoms with Crippen molar-refractivity contribution < 1.29 is 0 Å². The highest BCUT2D eigenvalue weighted by Gasteiger charge is 2.14. The number of para-hydroxylation sites is 2. The van der Waals surface area contributed by atoms with Gasteiger partial charge >= 0.3 is 7.58 Å². The van der Waals surface area contributed by atoms with Crippen LogP contribution in [0.3, 0.4) is 0 Å². The molecule has 20 heavy (non-hydrogen) atoms. The maximum atomic E-state index is 6.17. The van der Waals surface area contributed by atoms with Crippen LogP contribution in [-0.2, 0) is 0 Å². The first-order chi connectivity index (χ1) is 9.79. The van der Waals surface area contributed by atoms with E-state index in [9.17, 15) is 0 Å². The Labute approximate surface area is 130 Å². The first kappa shape index (κ1) is 14.0. The molecule has 0 N–H and O–H groups in total. The summed E-state index contributed by atoms with van der Waals surface area (Å²) in [5, 5.41) is 2.44. The average molecular weight is 322 g/mol. The van der Waals surface area contributed by atoms with Crippen molar-refractivity contribution in [3.63, 3.8) is 0 Å². The largest absolute Gasteiger partial charge is 0.345 e. The second kappa shape index (κ2) is 6.21. The smallest absolute Gasteiger partial charge is 0.341 e. The van der Waals surface area contributed by atoms with E-state index in [1.807, 2.05) is 24.3 Å². The lowest BCUT2D eigenvalue weighted by atomic mass is 10.0. The number of fused-ring (bicyclic) bond motifs is 3. The van der Waals surface area contributed by atoms with Crippen LogP contribution >= 0.6 is 22.2 Å². The number of aromatic nitrogens is 1. The molecule has 104 valence electrons. The molecule has 2 aromatic carbocycles. The second-order valence-electron chi connectivity index (χ2n) is 5.10. The molecule has 1 aliphatic carbocycles. The van der Waals surface area contributed by atoms with Gasteiger partial charge in [-0.2, -0.15) is 0 Å². The van der Waals surface area contributed by atoms with Gasteiger partial charge in [-0.15, -0.1) is 22.2 Å². The summed E-state index contributed by atoms with van der Waals surface area (Å²) in [6.07, 6.45) is 6.00. The Morgan fingerprint density at radius 3 is 1.45 bits per heavy atom. The highest BCUT2D eigenvalue weighted by molar-refractivity contribution is 7.33. The van der Waals surface area contributed by atoms with Gasteiger partial charge in [-0.3, -0.25) is 0 Å². The van der Waals surface area contributed by atoms with Crippen molar-refractivity contribution in [2.45, 2.75) is 25.7 Å². The third kappa shape index (κ3) is 2.60. The van der Waals surface area contributed by atoms with E-state index in [2.05, 4.69) is 28.5 Å².